The zero-order valence-corrected chi connectivity index (χ0v) is 15.1. The number of hydrogen-bond donors (Lipinski definition) is 0. The van der Waals surface area contributed by atoms with E-state index in [4.69, 9.17) is 4.52 Å². The van der Waals surface area contributed by atoms with Gasteiger partial charge in [0.15, 0.2) is 5.82 Å². The Bertz CT molecular complexity index is 1080. The third kappa shape index (κ3) is 3.39. The van der Waals surface area contributed by atoms with Gasteiger partial charge >= 0.3 is 0 Å². The smallest absolute Gasteiger partial charge is 0.258 e. The van der Waals surface area contributed by atoms with E-state index in [1.807, 2.05) is 47.2 Å². The summed E-state index contributed by atoms with van der Waals surface area (Å²) in [7, 11) is -3.63. The van der Waals surface area contributed by atoms with Gasteiger partial charge in [0.05, 0.1) is 11.3 Å². The first-order chi connectivity index (χ1) is 12.1. The zero-order chi connectivity index (χ0) is 17.3. The molecule has 0 aliphatic heterocycles. The second-order valence-corrected chi connectivity index (χ2v) is 8.95. The van der Waals surface area contributed by atoms with Gasteiger partial charge in [-0.15, -0.1) is 11.3 Å². The Kier molecular flexibility index (Phi) is 4.20. The van der Waals surface area contributed by atoms with Crippen LogP contribution < -0.4 is 0 Å². The summed E-state index contributed by atoms with van der Waals surface area (Å²) in [5.74, 6) is 0.0933. The molecule has 0 saturated carbocycles. The summed E-state index contributed by atoms with van der Waals surface area (Å²) in [6.45, 7) is 0. The van der Waals surface area contributed by atoms with Crippen molar-refractivity contribution in [2.75, 3.05) is 0 Å². The second kappa shape index (κ2) is 6.51. The molecule has 126 valence electrons. The predicted molar refractivity (Wildman–Crippen MR) is 96.1 cm³/mol. The van der Waals surface area contributed by atoms with Crippen LogP contribution in [-0.2, 0) is 15.6 Å². The lowest BCUT2D eigenvalue weighted by molar-refractivity contribution is 0.424. The van der Waals surface area contributed by atoms with Crippen molar-refractivity contribution >= 4 is 32.5 Å². The van der Waals surface area contributed by atoms with Crippen molar-refractivity contribution in [3.05, 3.63) is 58.4 Å². The highest BCUT2D eigenvalue weighted by atomic mass is 32.2. The van der Waals surface area contributed by atoms with Crippen LogP contribution in [0.1, 0.15) is 5.82 Å². The first-order valence-corrected chi connectivity index (χ1v) is 10.7. The number of rotatable bonds is 5. The van der Waals surface area contributed by atoms with Crippen molar-refractivity contribution in [2.45, 2.75) is 10.1 Å². The van der Waals surface area contributed by atoms with Crippen LogP contribution in [0.4, 0.5) is 0 Å². The number of benzene rings is 1. The average Bonchev–Trinajstić information content (AvgIpc) is 3.36. The van der Waals surface area contributed by atoms with Crippen LogP contribution in [0, 0.1) is 0 Å². The average molecular weight is 389 g/mol. The molecule has 0 radical (unpaired) electrons. The largest absolute Gasteiger partial charge is 0.334 e. The lowest BCUT2D eigenvalue weighted by atomic mass is 10.2. The van der Waals surface area contributed by atoms with E-state index >= 15 is 0 Å². The van der Waals surface area contributed by atoms with Gasteiger partial charge in [-0.25, -0.2) is 13.4 Å². The molecule has 0 atom stereocenters. The van der Waals surface area contributed by atoms with E-state index in [1.54, 1.807) is 5.38 Å². The number of aromatic nitrogens is 3. The maximum Gasteiger partial charge on any atom is 0.258 e. The molecule has 0 saturated heterocycles. The highest BCUT2D eigenvalue weighted by molar-refractivity contribution is 7.92. The summed E-state index contributed by atoms with van der Waals surface area (Å²) in [4.78, 5) is 8.41. The van der Waals surface area contributed by atoms with Gasteiger partial charge in [0.1, 0.15) is 5.75 Å². The van der Waals surface area contributed by atoms with Gasteiger partial charge in [0.2, 0.25) is 14.2 Å². The van der Waals surface area contributed by atoms with E-state index in [0.29, 0.717) is 11.6 Å². The van der Waals surface area contributed by atoms with Crippen LogP contribution in [0.15, 0.2) is 61.4 Å². The van der Waals surface area contributed by atoms with Gasteiger partial charge < -0.3 is 4.52 Å². The zero-order valence-electron chi connectivity index (χ0n) is 12.7. The highest BCUT2D eigenvalue weighted by Crippen LogP contribution is 2.27. The summed E-state index contributed by atoms with van der Waals surface area (Å²) in [6.07, 6.45) is 0. The molecule has 0 aliphatic rings. The van der Waals surface area contributed by atoms with Crippen molar-refractivity contribution < 1.29 is 12.9 Å². The summed E-state index contributed by atoms with van der Waals surface area (Å²) >= 11 is 2.59. The monoisotopic (exact) mass is 389 g/mol. The topological polar surface area (TPSA) is 86.0 Å². The van der Waals surface area contributed by atoms with E-state index in [1.165, 1.54) is 11.3 Å². The van der Waals surface area contributed by atoms with Crippen LogP contribution >= 0.6 is 22.7 Å². The molecule has 1 aromatic carbocycles. The SMILES string of the molecule is O=S(=O)(Cc1noc(-c2ccsc2)n1)c1nc(-c2ccccc2)cs1. The lowest BCUT2D eigenvalue weighted by Gasteiger charge is -1.97. The van der Waals surface area contributed by atoms with Gasteiger partial charge in [-0.3, -0.25) is 0 Å². The minimum absolute atomic E-state index is 0.0493. The van der Waals surface area contributed by atoms with E-state index in [2.05, 4.69) is 15.1 Å². The van der Waals surface area contributed by atoms with Gasteiger partial charge in [-0.1, -0.05) is 35.5 Å². The molecular weight excluding hydrogens is 378 g/mol. The Morgan fingerprint density at radius 2 is 1.84 bits per heavy atom. The molecule has 0 bridgehead atoms. The summed E-state index contributed by atoms with van der Waals surface area (Å²) in [5, 5.41) is 9.24. The maximum atomic E-state index is 12.6. The molecule has 0 aliphatic carbocycles. The van der Waals surface area contributed by atoms with Crippen molar-refractivity contribution in [3.63, 3.8) is 0 Å². The van der Waals surface area contributed by atoms with E-state index in [-0.39, 0.29) is 15.9 Å². The van der Waals surface area contributed by atoms with Gasteiger partial charge in [0, 0.05) is 16.3 Å². The summed E-state index contributed by atoms with van der Waals surface area (Å²) in [6, 6.07) is 11.3. The van der Waals surface area contributed by atoms with E-state index in [0.717, 1.165) is 22.5 Å². The predicted octanol–water partition coefficient (Wildman–Crippen LogP) is 3.90. The van der Waals surface area contributed by atoms with Gasteiger partial charge in [0.25, 0.3) is 5.89 Å². The molecular formula is C16H11N3O3S3. The Morgan fingerprint density at radius 3 is 2.60 bits per heavy atom. The van der Waals surface area contributed by atoms with Crippen LogP contribution in [0.2, 0.25) is 0 Å². The Labute approximate surface area is 151 Å². The molecule has 6 nitrogen and oxygen atoms in total. The number of thiophene rings is 1. The standard InChI is InChI=1S/C16H11N3O3S3/c20-25(21,10-14-18-15(22-19-14)12-6-7-23-8-12)16-17-13(9-24-16)11-4-2-1-3-5-11/h1-9H,10H2. The molecule has 0 spiro atoms. The fourth-order valence-electron chi connectivity index (χ4n) is 2.19. The first-order valence-electron chi connectivity index (χ1n) is 7.21. The van der Waals surface area contributed by atoms with Crippen molar-refractivity contribution in [1.29, 1.82) is 0 Å². The normalized spacial score (nSPS) is 11.7. The highest BCUT2D eigenvalue weighted by Gasteiger charge is 2.23. The molecule has 3 aromatic heterocycles. The summed E-state index contributed by atoms with van der Waals surface area (Å²) < 4.78 is 30.3. The molecule has 4 aromatic rings. The third-order valence-electron chi connectivity index (χ3n) is 3.37. The second-order valence-electron chi connectivity index (χ2n) is 5.15. The molecule has 25 heavy (non-hydrogen) atoms. The van der Waals surface area contributed by atoms with Crippen LogP contribution in [0.25, 0.3) is 22.7 Å². The quantitative estimate of drug-likeness (QED) is 0.515. The molecule has 9 heteroatoms. The summed E-state index contributed by atoms with van der Waals surface area (Å²) in [5.41, 5.74) is 2.29. The minimum atomic E-state index is -3.63. The van der Waals surface area contributed by atoms with E-state index < -0.39 is 9.84 Å². The Morgan fingerprint density at radius 1 is 1.00 bits per heavy atom. The van der Waals surface area contributed by atoms with Crippen LogP contribution in [-0.4, -0.2) is 23.5 Å². The number of thiazole rings is 1. The molecule has 0 N–H and O–H groups in total. The van der Waals surface area contributed by atoms with Gasteiger partial charge in [-0.2, -0.15) is 16.3 Å². The van der Waals surface area contributed by atoms with Crippen LogP contribution in [0.3, 0.4) is 0 Å². The van der Waals surface area contributed by atoms with Crippen LogP contribution in [0.5, 0.6) is 0 Å². The Balaban J connectivity index is 1.57. The van der Waals surface area contributed by atoms with E-state index in [9.17, 15) is 8.42 Å². The maximum absolute atomic E-state index is 12.6. The molecule has 0 amide bonds. The number of sulfone groups is 1. The number of hydrogen-bond acceptors (Lipinski definition) is 8. The number of nitrogens with zero attached hydrogens (tertiary/aromatic N) is 3. The first kappa shape index (κ1) is 16.1. The fraction of sp³-hybridized carbons (Fsp3) is 0.0625. The lowest BCUT2D eigenvalue weighted by Crippen LogP contribution is -2.06. The van der Waals surface area contributed by atoms with Gasteiger partial charge in [-0.05, 0) is 11.4 Å². The van der Waals surface area contributed by atoms with Crippen molar-refractivity contribution in [2.24, 2.45) is 0 Å². The van der Waals surface area contributed by atoms with Crippen molar-refractivity contribution in [1.82, 2.24) is 15.1 Å². The van der Waals surface area contributed by atoms with Crippen molar-refractivity contribution in [3.8, 4) is 22.7 Å². The molecule has 0 fully saturated rings. The fourth-order valence-corrected chi connectivity index (χ4v) is 5.10. The molecule has 0 unspecified atom stereocenters. The molecule has 4 rings (SSSR count). The minimum Gasteiger partial charge on any atom is -0.334 e. The molecule has 3 heterocycles. The third-order valence-corrected chi connectivity index (χ3v) is 7.00. The Hall–Kier alpha value is -2.36.